The molecule has 0 heterocycles. The zero-order chi connectivity index (χ0) is 19.0. The summed E-state index contributed by atoms with van der Waals surface area (Å²) < 4.78 is 0. The first kappa shape index (κ1) is 20.3. The Kier molecular flexibility index (Phi) is 7.26. The smallest absolute Gasteiger partial charge is 0.334 e. The Hall–Kier alpha value is -2.73. The molecule has 3 N–H and O–H groups in total. The van der Waals surface area contributed by atoms with Crippen molar-refractivity contribution in [2.75, 3.05) is 0 Å². The van der Waals surface area contributed by atoms with Crippen molar-refractivity contribution in [1.29, 1.82) is 0 Å². The number of Topliss-reactive ketones (excluding diaryl/α,β-unsaturated/α-hetero) is 1. The highest BCUT2D eigenvalue weighted by Crippen LogP contribution is 2.30. The van der Waals surface area contributed by atoms with E-state index in [9.17, 15) is 19.5 Å². The second kappa shape index (κ2) is 8.94. The third kappa shape index (κ3) is 5.39. The molecule has 1 aliphatic rings. The molecule has 2 unspecified atom stereocenters. The minimum atomic E-state index is -1.87. The van der Waals surface area contributed by atoms with Crippen molar-refractivity contribution >= 4 is 17.7 Å². The van der Waals surface area contributed by atoms with Gasteiger partial charge in [-0.15, -0.1) is 0 Å². The molecule has 1 aliphatic carbocycles. The van der Waals surface area contributed by atoms with E-state index >= 15 is 0 Å². The summed E-state index contributed by atoms with van der Waals surface area (Å²) in [5, 5.41) is 27.2. The molecule has 0 aliphatic heterocycles. The predicted octanol–water partition coefficient (Wildman–Crippen LogP) is 2.69. The number of aliphatic carboxylic acids is 2. The fraction of sp³-hybridized carbons (Fsp3) is 0.316. The van der Waals surface area contributed by atoms with Crippen LogP contribution in [0.3, 0.4) is 0 Å². The number of hydrogen-bond donors (Lipinski definition) is 3. The number of carbonyl (C=O) groups excluding carboxylic acids is 1. The number of carbonyl (C=O) groups is 3. The number of rotatable bonds is 5. The normalized spacial score (nSPS) is 21.6. The molecule has 2 atom stereocenters. The third-order valence-electron chi connectivity index (χ3n) is 3.79. The summed E-state index contributed by atoms with van der Waals surface area (Å²) in [6.07, 6.45) is 5.36. The van der Waals surface area contributed by atoms with Gasteiger partial charge in [0.2, 0.25) is 0 Å². The third-order valence-corrected chi connectivity index (χ3v) is 3.79. The molecule has 6 heteroatoms. The minimum absolute atomic E-state index is 0.244. The van der Waals surface area contributed by atoms with E-state index < -0.39 is 23.5 Å². The maximum Gasteiger partial charge on any atom is 0.334 e. The van der Waals surface area contributed by atoms with Crippen molar-refractivity contribution in [2.24, 2.45) is 5.92 Å². The van der Waals surface area contributed by atoms with E-state index in [0.29, 0.717) is 6.42 Å². The highest BCUT2D eigenvalue weighted by molar-refractivity contribution is 5.95. The maximum absolute atomic E-state index is 11.2. The summed E-state index contributed by atoms with van der Waals surface area (Å²) >= 11 is 0. The molecular formula is C19H22O6. The van der Waals surface area contributed by atoms with Crippen LogP contribution in [0, 0.1) is 5.92 Å². The van der Waals surface area contributed by atoms with Crippen LogP contribution in [0.25, 0.3) is 0 Å². The van der Waals surface area contributed by atoms with E-state index in [-0.39, 0.29) is 11.4 Å². The quantitative estimate of drug-likeness (QED) is 0.707. The summed E-state index contributed by atoms with van der Waals surface area (Å²) in [4.78, 5) is 32.6. The van der Waals surface area contributed by atoms with Gasteiger partial charge in [0.15, 0.2) is 5.78 Å². The van der Waals surface area contributed by atoms with Gasteiger partial charge in [0, 0.05) is 12.0 Å². The average Bonchev–Trinajstić information content (AvgIpc) is 2.55. The SMILES string of the molecule is CC1(O)C(C(=O)O)=CC=CC1C(=O)O.CCCC(=O)c1ccccc1. The second-order valence-electron chi connectivity index (χ2n) is 5.77. The first-order valence-electron chi connectivity index (χ1n) is 7.87. The van der Waals surface area contributed by atoms with E-state index in [4.69, 9.17) is 10.2 Å². The Balaban J connectivity index is 0.000000257. The lowest BCUT2D eigenvalue weighted by Gasteiger charge is -2.30. The highest BCUT2D eigenvalue weighted by atomic mass is 16.4. The minimum Gasteiger partial charge on any atom is -0.481 e. The van der Waals surface area contributed by atoms with Crippen LogP contribution >= 0.6 is 0 Å². The molecule has 134 valence electrons. The molecule has 0 amide bonds. The Morgan fingerprint density at radius 2 is 1.72 bits per heavy atom. The van der Waals surface area contributed by atoms with E-state index in [1.54, 1.807) is 0 Å². The van der Waals surface area contributed by atoms with E-state index in [1.807, 2.05) is 37.3 Å². The molecule has 1 aromatic carbocycles. The molecule has 0 saturated carbocycles. The number of carboxylic acids is 2. The van der Waals surface area contributed by atoms with Crippen LogP contribution in [0.1, 0.15) is 37.0 Å². The van der Waals surface area contributed by atoms with Gasteiger partial charge in [-0.2, -0.15) is 0 Å². The lowest BCUT2D eigenvalue weighted by atomic mass is 9.79. The number of hydrogen-bond acceptors (Lipinski definition) is 4. The molecule has 1 aromatic rings. The molecule has 2 rings (SSSR count). The Labute approximate surface area is 146 Å². The van der Waals surface area contributed by atoms with Crippen LogP contribution < -0.4 is 0 Å². The maximum atomic E-state index is 11.2. The van der Waals surface area contributed by atoms with Gasteiger partial charge < -0.3 is 15.3 Å². The van der Waals surface area contributed by atoms with E-state index in [1.165, 1.54) is 25.2 Å². The Morgan fingerprint density at radius 1 is 1.12 bits per heavy atom. The summed E-state index contributed by atoms with van der Waals surface area (Å²) in [5.41, 5.74) is -1.35. The zero-order valence-electron chi connectivity index (χ0n) is 14.2. The Bertz CT molecular complexity index is 685. The van der Waals surface area contributed by atoms with Gasteiger partial charge in [-0.1, -0.05) is 49.4 Å². The number of ketones is 1. The van der Waals surface area contributed by atoms with Crippen molar-refractivity contribution < 1.29 is 29.7 Å². The molecule has 0 aromatic heterocycles. The van der Waals surface area contributed by atoms with E-state index in [0.717, 1.165) is 12.0 Å². The summed E-state index contributed by atoms with van der Waals surface area (Å²) in [6, 6.07) is 9.42. The van der Waals surface area contributed by atoms with Crippen LogP contribution in [0.2, 0.25) is 0 Å². The van der Waals surface area contributed by atoms with Crippen LogP contribution in [0.5, 0.6) is 0 Å². The van der Waals surface area contributed by atoms with Gasteiger partial charge in [0.25, 0.3) is 0 Å². The van der Waals surface area contributed by atoms with Gasteiger partial charge in [-0.25, -0.2) is 4.79 Å². The number of allylic oxidation sites excluding steroid dienone is 2. The molecule has 0 fully saturated rings. The van der Waals surface area contributed by atoms with Gasteiger partial charge in [-0.3, -0.25) is 9.59 Å². The van der Waals surface area contributed by atoms with Crippen molar-refractivity contribution in [3.63, 3.8) is 0 Å². The largest absolute Gasteiger partial charge is 0.481 e. The lowest BCUT2D eigenvalue weighted by molar-refractivity contribution is -0.147. The fourth-order valence-corrected chi connectivity index (χ4v) is 2.39. The van der Waals surface area contributed by atoms with Gasteiger partial charge >= 0.3 is 11.9 Å². The van der Waals surface area contributed by atoms with Gasteiger partial charge in [0.05, 0.1) is 5.57 Å². The number of benzene rings is 1. The number of aliphatic hydroxyl groups is 1. The monoisotopic (exact) mass is 346 g/mol. The topological polar surface area (TPSA) is 112 Å². The predicted molar refractivity (Wildman–Crippen MR) is 92.3 cm³/mol. The fourth-order valence-electron chi connectivity index (χ4n) is 2.39. The van der Waals surface area contributed by atoms with Crippen molar-refractivity contribution in [1.82, 2.24) is 0 Å². The first-order valence-corrected chi connectivity index (χ1v) is 7.87. The van der Waals surface area contributed by atoms with Crippen molar-refractivity contribution in [3.05, 3.63) is 59.7 Å². The summed E-state index contributed by atoms with van der Waals surface area (Å²) in [7, 11) is 0. The van der Waals surface area contributed by atoms with Crippen LogP contribution in [-0.2, 0) is 9.59 Å². The second-order valence-corrected chi connectivity index (χ2v) is 5.77. The molecular weight excluding hydrogens is 324 g/mol. The molecule has 25 heavy (non-hydrogen) atoms. The van der Waals surface area contributed by atoms with Crippen LogP contribution in [-0.4, -0.2) is 38.6 Å². The van der Waals surface area contributed by atoms with Crippen molar-refractivity contribution in [2.45, 2.75) is 32.3 Å². The molecule has 0 spiro atoms. The highest BCUT2D eigenvalue weighted by Gasteiger charge is 2.43. The molecule has 0 saturated heterocycles. The van der Waals surface area contributed by atoms with Gasteiger partial charge in [-0.05, 0) is 19.4 Å². The number of carboxylic acid groups (broad SMARTS) is 2. The average molecular weight is 346 g/mol. The summed E-state index contributed by atoms with van der Waals surface area (Å²) in [6.45, 7) is 3.19. The van der Waals surface area contributed by atoms with Crippen molar-refractivity contribution in [3.8, 4) is 0 Å². The summed E-state index contributed by atoms with van der Waals surface area (Å²) in [5.74, 6) is -3.55. The molecule has 6 nitrogen and oxygen atoms in total. The first-order chi connectivity index (χ1) is 11.7. The van der Waals surface area contributed by atoms with Gasteiger partial charge in [0.1, 0.15) is 11.5 Å². The zero-order valence-corrected chi connectivity index (χ0v) is 14.2. The standard InChI is InChI=1S/C10H12O.C9H10O5/c1-2-6-10(11)9-7-4-3-5-8-9;1-9(14)5(7(10)11)3-2-4-6(9)8(12)13/h3-5,7-8H,2,6H2,1H3;2-5,14H,1H3,(H,10,11)(H,12,13). The van der Waals surface area contributed by atoms with Crippen LogP contribution in [0.4, 0.5) is 0 Å². The molecule has 0 bridgehead atoms. The van der Waals surface area contributed by atoms with Crippen LogP contribution in [0.15, 0.2) is 54.1 Å². The lowest BCUT2D eigenvalue weighted by Crippen LogP contribution is -2.43. The van der Waals surface area contributed by atoms with E-state index in [2.05, 4.69) is 0 Å². The molecule has 0 radical (unpaired) electrons. The Morgan fingerprint density at radius 3 is 2.20 bits per heavy atom.